The zero-order valence-corrected chi connectivity index (χ0v) is 20.4. The van der Waals surface area contributed by atoms with E-state index in [1.807, 2.05) is 56.3 Å². The van der Waals surface area contributed by atoms with Gasteiger partial charge in [-0.2, -0.15) is 0 Å². The predicted molar refractivity (Wildman–Crippen MR) is 134 cm³/mol. The molecule has 0 bridgehead atoms. The average molecular weight is 477 g/mol. The minimum atomic E-state index is -0.791. The highest BCUT2D eigenvalue weighted by Gasteiger charge is 2.48. The molecule has 2 aromatic carbocycles. The lowest BCUT2D eigenvalue weighted by Crippen LogP contribution is -2.29. The highest BCUT2D eigenvalue weighted by molar-refractivity contribution is 7.14. The molecule has 0 saturated carbocycles. The summed E-state index contributed by atoms with van der Waals surface area (Å²) in [5.41, 5.74) is 3.06. The lowest BCUT2D eigenvalue weighted by Gasteiger charge is -2.23. The molecule has 0 radical (unpaired) electrons. The molecule has 1 unspecified atom stereocenters. The van der Waals surface area contributed by atoms with Crippen LogP contribution in [0.3, 0.4) is 0 Å². The average Bonchev–Trinajstić information content (AvgIpc) is 3.45. The molecule has 3 aromatic rings. The van der Waals surface area contributed by atoms with Crippen molar-refractivity contribution >= 4 is 33.9 Å². The van der Waals surface area contributed by atoms with E-state index in [2.05, 4.69) is 11.9 Å². The van der Waals surface area contributed by atoms with E-state index in [-0.39, 0.29) is 11.3 Å². The number of nitrogens with zero attached hydrogens (tertiary/aromatic N) is 2. The van der Waals surface area contributed by atoms with Crippen LogP contribution in [0, 0.1) is 13.8 Å². The van der Waals surface area contributed by atoms with Crippen LogP contribution in [-0.4, -0.2) is 28.4 Å². The van der Waals surface area contributed by atoms with E-state index in [0.29, 0.717) is 22.9 Å². The number of amides is 1. The molecular weight excluding hydrogens is 448 g/mol. The van der Waals surface area contributed by atoms with Crippen LogP contribution in [0.15, 0.2) is 59.6 Å². The van der Waals surface area contributed by atoms with Crippen molar-refractivity contribution in [1.82, 2.24) is 4.98 Å². The van der Waals surface area contributed by atoms with Crippen molar-refractivity contribution in [2.24, 2.45) is 0 Å². The number of benzene rings is 2. The van der Waals surface area contributed by atoms with E-state index in [0.717, 1.165) is 36.1 Å². The monoisotopic (exact) mass is 476 g/mol. The van der Waals surface area contributed by atoms with Gasteiger partial charge in [0, 0.05) is 17.1 Å². The van der Waals surface area contributed by atoms with Crippen LogP contribution in [0.2, 0.25) is 0 Å². The van der Waals surface area contributed by atoms with Crippen LogP contribution >= 0.6 is 11.3 Å². The second-order valence-corrected chi connectivity index (χ2v) is 9.30. The van der Waals surface area contributed by atoms with Gasteiger partial charge in [0.05, 0.1) is 18.2 Å². The number of carbonyl (C=O) groups excluding carboxylic acids is 2. The lowest BCUT2D eigenvalue weighted by molar-refractivity contribution is -0.132. The summed E-state index contributed by atoms with van der Waals surface area (Å²) in [5.74, 6) is -0.880. The van der Waals surface area contributed by atoms with Crippen molar-refractivity contribution < 1.29 is 19.4 Å². The molecule has 2 heterocycles. The van der Waals surface area contributed by atoms with Crippen molar-refractivity contribution in [2.45, 2.75) is 46.1 Å². The number of aromatic nitrogens is 1. The van der Waals surface area contributed by atoms with Crippen molar-refractivity contribution in [3.05, 3.63) is 81.9 Å². The second-order valence-electron chi connectivity index (χ2n) is 8.43. The zero-order valence-electron chi connectivity index (χ0n) is 19.6. The minimum Gasteiger partial charge on any atom is -0.507 e. The molecule has 0 spiro atoms. The number of Topliss-reactive ketones (excluding diaryl/α,β-unsaturated/α-hetero) is 1. The Kier molecular flexibility index (Phi) is 7.12. The van der Waals surface area contributed by atoms with Gasteiger partial charge in [-0.1, -0.05) is 49.6 Å². The quantitative estimate of drug-likeness (QED) is 0.188. The van der Waals surface area contributed by atoms with E-state index in [1.54, 1.807) is 11.6 Å². The number of hydrogen-bond donors (Lipinski definition) is 1. The molecule has 1 fully saturated rings. The molecule has 0 aliphatic carbocycles. The SMILES string of the molecule is CCCCCOc1ccc(C2C(=C(O)c3cc(C)ccc3C)C(=O)C(=O)N2c2nccs2)cc1. The highest BCUT2D eigenvalue weighted by Crippen LogP contribution is 2.43. The Balaban J connectivity index is 1.78. The van der Waals surface area contributed by atoms with Crippen LogP contribution < -0.4 is 9.64 Å². The maximum Gasteiger partial charge on any atom is 0.301 e. The summed E-state index contributed by atoms with van der Waals surface area (Å²) in [6, 6.07) is 12.2. The Bertz CT molecular complexity index is 1220. The number of ketones is 1. The summed E-state index contributed by atoms with van der Waals surface area (Å²) in [6.07, 6.45) is 4.81. The number of aliphatic hydroxyl groups excluding tert-OH is 1. The molecule has 34 heavy (non-hydrogen) atoms. The first-order chi connectivity index (χ1) is 16.4. The maximum atomic E-state index is 13.2. The smallest absolute Gasteiger partial charge is 0.301 e. The summed E-state index contributed by atoms with van der Waals surface area (Å²) >= 11 is 1.27. The fraction of sp³-hybridized carbons (Fsp3) is 0.296. The first kappa shape index (κ1) is 23.7. The van der Waals surface area contributed by atoms with Gasteiger partial charge in [-0.05, 0) is 49.6 Å². The molecule has 4 rings (SSSR count). The number of aryl methyl sites for hydroxylation is 2. The van der Waals surface area contributed by atoms with E-state index in [9.17, 15) is 14.7 Å². The van der Waals surface area contributed by atoms with Gasteiger partial charge in [-0.15, -0.1) is 11.3 Å². The molecule has 176 valence electrons. The van der Waals surface area contributed by atoms with Gasteiger partial charge < -0.3 is 9.84 Å². The number of unbranched alkanes of at least 4 members (excludes halogenated alkanes) is 2. The van der Waals surface area contributed by atoms with E-state index >= 15 is 0 Å². The van der Waals surface area contributed by atoms with Crippen LogP contribution in [-0.2, 0) is 9.59 Å². The number of hydrogen-bond acceptors (Lipinski definition) is 6. The van der Waals surface area contributed by atoms with Gasteiger partial charge in [0.1, 0.15) is 11.5 Å². The predicted octanol–water partition coefficient (Wildman–Crippen LogP) is 5.96. The standard InChI is InChI=1S/C27H28N2O4S/c1-4-5-6-14-33-20-11-9-19(10-12-20)23-22(24(30)21-16-17(2)7-8-18(21)3)25(31)26(32)29(23)27-28-13-15-34-27/h7-13,15-16,23,30H,4-6,14H2,1-3H3. The Hall–Kier alpha value is -3.45. The van der Waals surface area contributed by atoms with Gasteiger partial charge in [0.2, 0.25) is 0 Å². The van der Waals surface area contributed by atoms with Gasteiger partial charge in [0.25, 0.3) is 5.78 Å². The molecular formula is C27H28N2O4S. The van der Waals surface area contributed by atoms with E-state index in [4.69, 9.17) is 4.74 Å². The lowest BCUT2D eigenvalue weighted by atomic mass is 9.93. The Morgan fingerprint density at radius 1 is 1.12 bits per heavy atom. The molecule has 7 heteroatoms. The van der Waals surface area contributed by atoms with Crippen LogP contribution in [0.4, 0.5) is 5.13 Å². The number of thiazole rings is 1. The third-order valence-electron chi connectivity index (χ3n) is 5.93. The first-order valence-corrected chi connectivity index (χ1v) is 12.3. The number of ether oxygens (including phenoxy) is 1. The van der Waals surface area contributed by atoms with Crippen LogP contribution in [0.5, 0.6) is 5.75 Å². The number of aliphatic hydroxyl groups is 1. The van der Waals surface area contributed by atoms with Crippen molar-refractivity contribution in [2.75, 3.05) is 11.5 Å². The highest BCUT2D eigenvalue weighted by atomic mass is 32.1. The minimum absolute atomic E-state index is 0.0607. The Morgan fingerprint density at radius 2 is 1.88 bits per heavy atom. The largest absolute Gasteiger partial charge is 0.507 e. The molecule has 6 nitrogen and oxygen atoms in total. The van der Waals surface area contributed by atoms with E-state index < -0.39 is 17.7 Å². The van der Waals surface area contributed by atoms with E-state index in [1.165, 1.54) is 16.2 Å². The Morgan fingerprint density at radius 3 is 2.56 bits per heavy atom. The summed E-state index contributed by atoms with van der Waals surface area (Å²) in [5, 5.41) is 13.5. The maximum absolute atomic E-state index is 13.2. The van der Waals surface area contributed by atoms with Gasteiger partial charge >= 0.3 is 5.91 Å². The number of rotatable bonds is 8. The van der Waals surface area contributed by atoms with Crippen molar-refractivity contribution in [3.63, 3.8) is 0 Å². The van der Waals surface area contributed by atoms with Gasteiger partial charge in [0.15, 0.2) is 5.13 Å². The normalized spacial score (nSPS) is 17.4. The third-order valence-corrected chi connectivity index (χ3v) is 6.70. The molecule has 1 saturated heterocycles. The molecule has 1 aliphatic rings. The molecule has 1 amide bonds. The molecule has 1 N–H and O–H groups in total. The fourth-order valence-corrected chi connectivity index (χ4v) is 4.77. The zero-order chi connectivity index (χ0) is 24.2. The van der Waals surface area contributed by atoms with Crippen LogP contribution in [0.25, 0.3) is 5.76 Å². The number of anilines is 1. The molecule has 1 aromatic heterocycles. The summed E-state index contributed by atoms with van der Waals surface area (Å²) < 4.78 is 5.82. The van der Waals surface area contributed by atoms with Gasteiger partial charge in [-0.3, -0.25) is 14.5 Å². The third kappa shape index (κ3) is 4.61. The van der Waals surface area contributed by atoms with Crippen molar-refractivity contribution in [3.8, 4) is 5.75 Å². The number of carbonyl (C=O) groups is 2. The fourth-order valence-electron chi connectivity index (χ4n) is 4.10. The first-order valence-electron chi connectivity index (χ1n) is 11.4. The van der Waals surface area contributed by atoms with Crippen molar-refractivity contribution in [1.29, 1.82) is 0 Å². The summed E-state index contributed by atoms with van der Waals surface area (Å²) in [7, 11) is 0. The van der Waals surface area contributed by atoms with Crippen LogP contribution in [0.1, 0.15) is 54.5 Å². The second kappa shape index (κ2) is 10.2. The Labute approximate surface area is 203 Å². The topological polar surface area (TPSA) is 79.7 Å². The summed E-state index contributed by atoms with van der Waals surface area (Å²) in [6.45, 7) is 6.57. The summed E-state index contributed by atoms with van der Waals surface area (Å²) in [4.78, 5) is 32.0. The molecule has 1 atom stereocenters. The van der Waals surface area contributed by atoms with Gasteiger partial charge in [-0.25, -0.2) is 4.98 Å². The molecule has 1 aliphatic heterocycles.